The highest BCUT2D eigenvalue weighted by Crippen LogP contribution is 2.12. The predicted octanol–water partition coefficient (Wildman–Crippen LogP) is 0.538. The van der Waals surface area contributed by atoms with Gasteiger partial charge in [-0.15, -0.1) is 0 Å². The van der Waals surface area contributed by atoms with Crippen molar-refractivity contribution in [3.8, 4) is 11.8 Å². The van der Waals surface area contributed by atoms with Gasteiger partial charge in [0.15, 0.2) is 0 Å². The number of nitrogens with one attached hydrogen (secondary N) is 1. The summed E-state index contributed by atoms with van der Waals surface area (Å²) in [4.78, 5) is 10.6. The molecule has 0 saturated heterocycles. The Kier molecular flexibility index (Phi) is 3.72. The monoisotopic (exact) mass is 204 g/mol. The fraction of sp³-hybridized carbons (Fsp3) is 0.182. The summed E-state index contributed by atoms with van der Waals surface area (Å²) < 4.78 is 0. The summed E-state index contributed by atoms with van der Waals surface area (Å²) in [6, 6.07) is 4.51. The van der Waals surface area contributed by atoms with Crippen LogP contribution in [0.5, 0.6) is 0 Å². The molecule has 0 radical (unpaired) electrons. The van der Waals surface area contributed by atoms with Crippen molar-refractivity contribution in [2.45, 2.75) is 0 Å². The lowest BCUT2D eigenvalue weighted by Crippen LogP contribution is -2.04. The van der Waals surface area contributed by atoms with Crippen LogP contribution in [0.15, 0.2) is 18.2 Å². The molecule has 15 heavy (non-hydrogen) atoms. The second kappa shape index (κ2) is 5.03. The minimum Gasteiger partial charge on any atom is -0.478 e. The molecule has 0 bridgehead atoms. The van der Waals surface area contributed by atoms with E-state index >= 15 is 0 Å². The van der Waals surface area contributed by atoms with Crippen LogP contribution in [-0.2, 0) is 0 Å². The standard InChI is InChI=1S/C11H12N2O2/c1-13-6-2-3-8-4-5-9(11(14)15)7-10(8)12/h4-5,7,13H,6,12H2,1H3,(H,14,15). The number of carboxylic acid groups (broad SMARTS) is 1. The highest BCUT2D eigenvalue weighted by Gasteiger charge is 2.04. The lowest BCUT2D eigenvalue weighted by molar-refractivity contribution is 0.0697. The molecule has 1 rings (SSSR count). The number of nitrogens with two attached hydrogens (primary N) is 1. The largest absolute Gasteiger partial charge is 0.478 e. The SMILES string of the molecule is CNCC#Cc1ccc(C(=O)O)cc1N. The number of rotatable bonds is 2. The number of anilines is 1. The summed E-state index contributed by atoms with van der Waals surface area (Å²) >= 11 is 0. The van der Waals surface area contributed by atoms with Gasteiger partial charge in [0, 0.05) is 11.3 Å². The van der Waals surface area contributed by atoms with E-state index < -0.39 is 5.97 Å². The molecular weight excluding hydrogens is 192 g/mol. The summed E-state index contributed by atoms with van der Waals surface area (Å²) in [6.45, 7) is 0.570. The van der Waals surface area contributed by atoms with Crippen LogP contribution in [0, 0.1) is 11.8 Å². The van der Waals surface area contributed by atoms with Gasteiger partial charge in [-0.2, -0.15) is 0 Å². The smallest absolute Gasteiger partial charge is 0.335 e. The Bertz CT molecular complexity index is 430. The number of carbonyl (C=O) groups is 1. The van der Waals surface area contributed by atoms with Gasteiger partial charge >= 0.3 is 5.97 Å². The van der Waals surface area contributed by atoms with Gasteiger partial charge in [0.1, 0.15) is 0 Å². The number of nitrogen functional groups attached to an aromatic ring is 1. The predicted molar refractivity (Wildman–Crippen MR) is 58.6 cm³/mol. The molecule has 1 aromatic rings. The van der Waals surface area contributed by atoms with Gasteiger partial charge in [-0.05, 0) is 25.2 Å². The van der Waals surface area contributed by atoms with Gasteiger partial charge in [0.2, 0.25) is 0 Å². The maximum Gasteiger partial charge on any atom is 0.335 e. The first-order chi connectivity index (χ1) is 7.15. The third-order valence-electron chi connectivity index (χ3n) is 1.79. The second-order valence-electron chi connectivity index (χ2n) is 2.94. The van der Waals surface area contributed by atoms with E-state index in [1.54, 1.807) is 13.1 Å². The van der Waals surface area contributed by atoms with E-state index in [1.165, 1.54) is 12.1 Å². The van der Waals surface area contributed by atoms with E-state index in [1.807, 2.05) is 0 Å². The lowest BCUT2D eigenvalue weighted by atomic mass is 10.1. The van der Waals surface area contributed by atoms with Crippen molar-refractivity contribution in [1.29, 1.82) is 0 Å². The lowest BCUT2D eigenvalue weighted by Gasteiger charge is -1.99. The van der Waals surface area contributed by atoms with Gasteiger partial charge in [0.05, 0.1) is 12.1 Å². The van der Waals surface area contributed by atoms with Crippen molar-refractivity contribution in [3.05, 3.63) is 29.3 Å². The normalized spacial score (nSPS) is 9.13. The van der Waals surface area contributed by atoms with E-state index in [0.29, 0.717) is 17.8 Å². The van der Waals surface area contributed by atoms with E-state index in [-0.39, 0.29) is 5.56 Å². The minimum absolute atomic E-state index is 0.173. The first-order valence-electron chi connectivity index (χ1n) is 4.41. The first kappa shape index (κ1) is 11.1. The zero-order chi connectivity index (χ0) is 11.3. The molecular formula is C11H12N2O2. The quantitative estimate of drug-likeness (QED) is 0.485. The van der Waals surface area contributed by atoms with Crippen LogP contribution in [0.3, 0.4) is 0 Å². The van der Waals surface area contributed by atoms with Crippen LogP contribution in [0.2, 0.25) is 0 Å². The number of hydrogen-bond acceptors (Lipinski definition) is 3. The van der Waals surface area contributed by atoms with Crippen LogP contribution in [0.25, 0.3) is 0 Å². The van der Waals surface area contributed by atoms with Crippen molar-refractivity contribution in [2.24, 2.45) is 0 Å². The maximum atomic E-state index is 10.6. The third kappa shape index (κ3) is 3.01. The molecule has 0 aromatic heterocycles. The molecule has 4 heteroatoms. The molecule has 0 unspecified atom stereocenters. The minimum atomic E-state index is -0.989. The van der Waals surface area contributed by atoms with Gasteiger partial charge in [-0.1, -0.05) is 11.8 Å². The first-order valence-corrected chi connectivity index (χ1v) is 4.41. The number of carboxylic acids is 1. The molecule has 4 N–H and O–H groups in total. The van der Waals surface area contributed by atoms with E-state index in [4.69, 9.17) is 10.8 Å². The number of hydrogen-bond donors (Lipinski definition) is 3. The maximum absolute atomic E-state index is 10.6. The van der Waals surface area contributed by atoms with Crippen LogP contribution >= 0.6 is 0 Å². The molecule has 0 fully saturated rings. The fourth-order valence-electron chi connectivity index (χ4n) is 1.04. The molecule has 0 atom stereocenters. The Labute approximate surface area is 88.1 Å². The number of aromatic carboxylic acids is 1. The van der Waals surface area contributed by atoms with Crippen molar-refractivity contribution in [2.75, 3.05) is 19.3 Å². The van der Waals surface area contributed by atoms with Gasteiger partial charge in [0.25, 0.3) is 0 Å². The van der Waals surface area contributed by atoms with Crippen LogP contribution in [0.1, 0.15) is 15.9 Å². The topological polar surface area (TPSA) is 75.3 Å². The molecule has 0 aliphatic rings. The highest BCUT2D eigenvalue weighted by molar-refractivity contribution is 5.89. The Balaban J connectivity index is 2.95. The molecule has 0 saturated carbocycles. The highest BCUT2D eigenvalue weighted by atomic mass is 16.4. The van der Waals surface area contributed by atoms with Crippen molar-refractivity contribution in [1.82, 2.24) is 5.32 Å². The summed E-state index contributed by atoms with van der Waals surface area (Å²) in [5, 5.41) is 11.6. The van der Waals surface area contributed by atoms with E-state index in [9.17, 15) is 4.79 Å². The van der Waals surface area contributed by atoms with Crippen LogP contribution in [0.4, 0.5) is 5.69 Å². The third-order valence-corrected chi connectivity index (χ3v) is 1.79. The molecule has 1 aromatic carbocycles. The van der Waals surface area contributed by atoms with Crippen LogP contribution in [-0.4, -0.2) is 24.7 Å². The summed E-state index contributed by atoms with van der Waals surface area (Å²) in [7, 11) is 1.80. The second-order valence-corrected chi connectivity index (χ2v) is 2.94. The van der Waals surface area contributed by atoms with Crippen molar-refractivity contribution in [3.63, 3.8) is 0 Å². The molecule has 0 spiro atoms. The van der Waals surface area contributed by atoms with Gasteiger partial charge in [-0.3, -0.25) is 0 Å². The van der Waals surface area contributed by atoms with Crippen LogP contribution < -0.4 is 11.1 Å². The average molecular weight is 204 g/mol. The summed E-state index contributed by atoms with van der Waals surface area (Å²) in [6.07, 6.45) is 0. The molecule has 0 amide bonds. The van der Waals surface area contributed by atoms with E-state index in [0.717, 1.165) is 0 Å². The number of benzene rings is 1. The Morgan fingerprint density at radius 3 is 2.87 bits per heavy atom. The van der Waals surface area contributed by atoms with Crippen molar-refractivity contribution < 1.29 is 9.90 Å². The Morgan fingerprint density at radius 1 is 1.60 bits per heavy atom. The Morgan fingerprint density at radius 2 is 2.33 bits per heavy atom. The zero-order valence-corrected chi connectivity index (χ0v) is 8.37. The van der Waals surface area contributed by atoms with Crippen molar-refractivity contribution >= 4 is 11.7 Å². The molecule has 0 heterocycles. The molecule has 0 aliphatic carbocycles. The summed E-state index contributed by atoms with van der Waals surface area (Å²) in [5.74, 6) is 4.71. The van der Waals surface area contributed by atoms with E-state index in [2.05, 4.69) is 17.2 Å². The molecule has 4 nitrogen and oxygen atoms in total. The Hall–Kier alpha value is -1.99. The molecule has 78 valence electrons. The zero-order valence-electron chi connectivity index (χ0n) is 8.37. The molecule has 0 aliphatic heterocycles. The average Bonchev–Trinajstić information content (AvgIpc) is 2.20. The van der Waals surface area contributed by atoms with Gasteiger partial charge in [-0.25, -0.2) is 4.79 Å². The fourth-order valence-corrected chi connectivity index (χ4v) is 1.04. The van der Waals surface area contributed by atoms with Gasteiger partial charge < -0.3 is 16.2 Å². The summed E-state index contributed by atoms with van der Waals surface area (Å²) in [5.41, 5.74) is 6.86.